The predicted octanol–water partition coefficient (Wildman–Crippen LogP) is 3.60. The number of aromatic nitrogens is 4. The zero-order valence-corrected chi connectivity index (χ0v) is 18.4. The number of hydrogen-bond donors (Lipinski definition) is 1. The molecule has 9 heteroatoms. The maximum absolute atomic E-state index is 13.6. The molecule has 1 atom stereocenters. The van der Waals surface area contributed by atoms with E-state index in [0.29, 0.717) is 23.9 Å². The number of nitrogens with one attached hydrogen (secondary N) is 1. The smallest absolute Gasteiger partial charge is 0.229 e. The summed E-state index contributed by atoms with van der Waals surface area (Å²) >= 11 is 0. The van der Waals surface area contributed by atoms with Crippen LogP contribution in [0.3, 0.4) is 0 Å². The number of rotatable bonds is 7. The van der Waals surface area contributed by atoms with Gasteiger partial charge in [-0.05, 0) is 43.2 Å². The van der Waals surface area contributed by atoms with Gasteiger partial charge in [-0.1, -0.05) is 6.92 Å². The predicted molar refractivity (Wildman–Crippen MR) is 121 cm³/mol. The van der Waals surface area contributed by atoms with Crippen LogP contribution in [0.1, 0.15) is 44.5 Å². The lowest BCUT2D eigenvalue weighted by Crippen LogP contribution is -2.34. The Morgan fingerprint density at radius 1 is 1.06 bits per heavy atom. The second-order valence-corrected chi connectivity index (χ2v) is 8.38. The Balaban J connectivity index is 1.60. The SMILES string of the molecule is CCCNc1nccc(-c2c(-c3ccc(F)cc3)nc3n2C(CN2C(=O)CCC2=O)CC3)n1. The van der Waals surface area contributed by atoms with Crippen LogP contribution in [-0.2, 0) is 16.0 Å². The summed E-state index contributed by atoms with van der Waals surface area (Å²) in [5, 5.41) is 3.21. The number of aryl methyl sites for hydroxylation is 1. The molecular weight excluding hydrogens is 423 g/mol. The molecule has 0 spiro atoms. The molecule has 2 aliphatic heterocycles. The number of imide groups is 1. The summed E-state index contributed by atoms with van der Waals surface area (Å²) in [6, 6.07) is 7.97. The van der Waals surface area contributed by atoms with Gasteiger partial charge >= 0.3 is 0 Å². The van der Waals surface area contributed by atoms with Gasteiger partial charge in [-0.25, -0.2) is 19.3 Å². The zero-order valence-electron chi connectivity index (χ0n) is 18.4. The van der Waals surface area contributed by atoms with Gasteiger partial charge in [-0.2, -0.15) is 0 Å². The van der Waals surface area contributed by atoms with Crippen LogP contribution in [0.5, 0.6) is 0 Å². The Morgan fingerprint density at radius 3 is 2.55 bits per heavy atom. The summed E-state index contributed by atoms with van der Waals surface area (Å²) in [5.41, 5.74) is 2.96. The van der Waals surface area contributed by atoms with E-state index in [4.69, 9.17) is 9.97 Å². The highest BCUT2D eigenvalue weighted by atomic mass is 19.1. The molecule has 1 unspecified atom stereocenters. The summed E-state index contributed by atoms with van der Waals surface area (Å²) < 4.78 is 15.7. The molecular formula is C24H25FN6O2. The summed E-state index contributed by atoms with van der Waals surface area (Å²) in [6.07, 6.45) is 4.69. The maximum Gasteiger partial charge on any atom is 0.229 e. The van der Waals surface area contributed by atoms with Crippen molar-refractivity contribution in [3.8, 4) is 22.6 Å². The summed E-state index contributed by atoms with van der Waals surface area (Å²) in [6.45, 7) is 3.14. The topological polar surface area (TPSA) is 93.0 Å². The van der Waals surface area contributed by atoms with Crippen molar-refractivity contribution in [2.75, 3.05) is 18.4 Å². The van der Waals surface area contributed by atoms with Crippen LogP contribution in [0.4, 0.5) is 10.3 Å². The molecule has 8 nitrogen and oxygen atoms in total. The number of carbonyl (C=O) groups excluding carboxylic acids is 2. The van der Waals surface area contributed by atoms with E-state index in [1.807, 2.05) is 6.07 Å². The molecule has 3 aromatic rings. The molecule has 0 aliphatic carbocycles. The van der Waals surface area contributed by atoms with E-state index in [1.54, 1.807) is 18.3 Å². The van der Waals surface area contributed by atoms with Gasteiger partial charge in [0.1, 0.15) is 11.6 Å². The van der Waals surface area contributed by atoms with Crippen molar-refractivity contribution < 1.29 is 14.0 Å². The van der Waals surface area contributed by atoms with E-state index in [2.05, 4.69) is 21.8 Å². The Labute approximate surface area is 190 Å². The molecule has 1 fully saturated rings. The molecule has 170 valence electrons. The number of anilines is 1. The number of amides is 2. The van der Waals surface area contributed by atoms with Crippen LogP contribution < -0.4 is 5.32 Å². The highest BCUT2D eigenvalue weighted by Crippen LogP contribution is 2.40. The second kappa shape index (κ2) is 8.73. The normalized spacial score (nSPS) is 17.6. The number of halogens is 1. The van der Waals surface area contributed by atoms with Gasteiger partial charge < -0.3 is 9.88 Å². The van der Waals surface area contributed by atoms with Crippen molar-refractivity contribution in [3.63, 3.8) is 0 Å². The van der Waals surface area contributed by atoms with E-state index in [1.165, 1.54) is 17.0 Å². The number of imidazole rings is 1. The number of fused-ring (bicyclic) bond motifs is 1. The molecule has 2 aromatic heterocycles. The van der Waals surface area contributed by atoms with E-state index < -0.39 is 0 Å². The molecule has 0 saturated carbocycles. The number of carbonyl (C=O) groups is 2. The van der Waals surface area contributed by atoms with Gasteiger partial charge in [0.15, 0.2) is 0 Å². The number of benzene rings is 1. The van der Waals surface area contributed by atoms with E-state index in [9.17, 15) is 14.0 Å². The maximum atomic E-state index is 13.6. The molecule has 1 aromatic carbocycles. The first-order valence-corrected chi connectivity index (χ1v) is 11.3. The van der Waals surface area contributed by atoms with Crippen molar-refractivity contribution in [3.05, 3.63) is 48.2 Å². The number of hydrogen-bond acceptors (Lipinski definition) is 6. The van der Waals surface area contributed by atoms with Crippen molar-refractivity contribution in [1.29, 1.82) is 0 Å². The van der Waals surface area contributed by atoms with E-state index in [0.717, 1.165) is 42.9 Å². The summed E-state index contributed by atoms with van der Waals surface area (Å²) in [4.78, 5) is 39.8. The summed E-state index contributed by atoms with van der Waals surface area (Å²) in [7, 11) is 0. The van der Waals surface area contributed by atoms with Crippen LogP contribution in [-0.4, -0.2) is 49.3 Å². The fraction of sp³-hybridized carbons (Fsp3) is 0.375. The minimum atomic E-state index is -0.316. The minimum Gasteiger partial charge on any atom is -0.354 e. The average molecular weight is 449 g/mol. The van der Waals surface area contributed by atoms with Crippen LogP contribution in [0.15, 0.2) is 36.5 Å². The first-order valence-electron chi connectivity index (χ1n) is 11.3. The molecule has 2 aliphatic rings. The van der Waals surface area contributed by atoms with Crippen LogP contribution in [0, 0.1) is 5.82 Å². The number of likely N-dealkylation sites (tertiary alicyclic amines) is 1. The van der Waals surface area contributed by atoms with Gasteiger partial charge in [0.05, 0.1) is 23.1 Å². The molecule has 1 N–H and O–H groups in total. The Kier molecular flexibility index (Phi) is 5.62. The van der Waals surface area contributed by atoms with Gasteiger partial charge in [-0.3, -0.25) is 14.5 Å². The van der Waals surface area contributed by atoms with E-state index >= 15 is 0 Å². The third-order valence-corrected chi connectivity index (χ3v) is 6.15. The van der Waals surface area contributed by atoms with Gasteiger partial charge in [-0.15, -0.1) is 0 Å². The Hall–Kier alpha value is -3.62. The zero-order chi connectivity index (χ0) is 22.9. The molecule has 33 heavy (non-hydrogen) atoms. The first-order chi connectivity index (χ1) is 16.0. The first kappa shape index (κ1) is 21.2. The molecule has 2 amide bonds. The minimum absolute atomic E-state index is 0.0929. The molecule has 0 radical (unpaired) electrons. The highest BCUT2D eigenvalue weighted by Gasteiger charge is 2.36. The van der Waals surface area contributed by atoms with Crippen molar-refractivity contribution in [1.82, 2.24) is 24.4 Å². The Morgan fingerprint density at radius 2 is 1.82 bits per heavy atom. The lowest BCUT2D eigenvalue weighted by atomic mass is 10.1. The number of nitrogens with zero attached hydrogens (tertiary/aromatic N) is 5. The van der Waals surface area contributed by atoms with Crippen LogP contribution in [0.2, 0.25) is 0 Å². The fourth-order valence-corrected chi connectivity index (χ4v) is 4.55. The molecule has 5 rings (SSSR count). The average Bonchev–Trinajstić information content (AvgIpc) is 3.48. The standard InChI is InChI=1S/C24H25FN6O2/c1-2-12-26-24-27-13-11-18(28-24)23-22(15-3-5-16(25)6-4-15)29-19-8-7-17(31(19)23)14-30-20(32)9-10-21(30)33/h3-6,11,13,17H,2,7-10,12,14H2,1H3,(H,26,27,28). The van der Waals surface area contributed by atoms with Crippen LogP contribution in [0.25, 0.3) is 22.6 Å². The van der Waals surface area contributed by atoms with Crippen LogP contribution >= 0.6 is 0 Å². The molecule has 1 saturated heterocycles. The Bertz CT molecular complexity index is 1190. The van der Waals surface area contributed by atoms with E-state index in [-0.39, 0.29) is 36.5 Å². The lowest BCUT2D eigenvalue weighted by molar-refractivity contribution is -0.138. The second-order valence-electron chi connectivity index (χ2n) is 8.38. The molecule has 0 bridgehead atoms. The molecule has 4 heterocycles. The largest absolute Gasteiger partial charge is 0.354 e. The quantitative estimate of drug-likeness (QED) is 0.555. The van der Waals surface area contributed by atoms with Gasteiger partial charge in [0, 0.05) is 44.1 Å². The van der Waals surface area contributed by atoms with Crippen molar-refractivity contribution in [2.24, 2.45) is 0 Å². The van der Waals surface area contributed by atoms with Crippen molar-refractivity contribution >= 4 is 17.8 Å². The van der Waals surface area contributed by atoms with Gasteiger partial charge in [0.25, 0.3) is 0 Å². The third kappa shape index (κ3) is 3.99. The fourth-order valence-electron chi connectivity index (χ4n) is 4.55. The monoisotopic (exact) mass is 448 g/mol. The van der Waals surface area contributed by atoms with Gasteiger partial charge in [0.2, 0.25) is 17.8 Å². The highest BCUT2D eigenvalue weighted by molar-refractivity contribution is 6.02. The third-order valence-electron chi connectivity index (χ3n) is 6.15. The van der Waals surface area contributed by atoms with Crippen molar-refractivity contribution in [2.45, 2.75) is 45.1 Å². The lowest BCUT2D eigenvalue weighted by Gasteiger charge is -2.22. The summed E-state index contributed by atoms with van der Waals surface area (Å²) in [5.74, 6) is 0.831.